The quantitative estimate of drug-likeness (QED) is 0.591. The van der Waals surface area contributed by atoms with Crippen LogP contribution < -0.4 is 24.8 Å². The maximum atomic E-state index is 12.2. The average Bonchev–Trinajstić information content (AvgIpc) is 2.79. The molecule has 154 valence electrons. The highest BCUT2D eigenvalue weighted by atomic mass is 16.5. The number of carbonyl (C=O) groups is 2. The van der Waals surface area contributed by atoms with Crippen LogP contribution in [0.5, 0.6) is 17.2 Å². The van der Waals surface area contributed by atoms with Crippen molar-refractivity contribution < 1.29 is 23.8 Å². The lowest BCUT2D eigenvalue weighted by Gasteiger charge is -2.12. The number of anilines is 2. The van der Waals surface area contributed by atoms with E-state index in [-0.39, 0.29) is 18.4 Å². The Morgan fingerprint density at radius 1 is 0.800 bits per heavy atom. The summed E-state index contributed by atoms with van der Waals surface area (Å²) in [5.41, 5.74) is 1.72. The first-order valence-corrected chi connectivity index (χ1v) is 9.20. The summed E-state index contributed by atoms with van der Waals surface area (Å²) < 4.78 is 15.9. The van der Waals surface area contributed by atoms with Crippen LogP contribution in [-0.4, -0.2) is 32.6 Å². The number of ether oxygens (including phenoxy) is 3. The zero-order chi connectivity index (χ0) is 21.3. The minimum Gasteiger partial charge on any atom is -0.497 e. The molecule has 3 aromatic rings. The molecule has 0 saturated heterocycles. The largest absolute Gasteiger partial charge is 0.497 e. The Balaban J connectivity index is 1.52. The zero-order valence-electron chi connectivity index (χ0n) is 16.7. The lowest BCUT2D eigenvalue weighted by molar-refractivity contribution is -0.118. The van der Waals surface area contributed by atoms with Crippen molar-refractivity contribution in [3.63, 3.8) is 0 Å². The van der Waals surface area contributed by atoms with Crippen LogP contribution in [-0.2, 0) is 4.79 Å². The molecule has 0 aliphatic carbocycles. The van der Waals surface area contributed by atoms with E-state index >= 15 is 0 Å². The Bertz CT molecular complexity index is 1000. The van der Waals surface area contributed by atoms with Gasteiger partial charge < -0.3 is 24.8 Å². The smallest absolute Gasteiger partial charge is 0.262 e. The fourth-order valence-electron chi connectivity index (χ4n) is 2.66. The van der Waals surface area contributed by atoms with Crippen molar-refractivity contribution in [3.8, 4) is 17.2 Å². The van der Waals surface area contributed by atoms with Gasteiger partial charge in [-0.05, 0) is 48.5 Å². The highest BCUT2D eigenvalue weighted by Crippen LogP contribution is 2.29. The zero-order valence-corrected chi connectivity index (χ0v) is 16.7. The molecule has 0 aliphatic rings. The minimum atomic E-state index is -0.333. The van der Waals surface area contributed by atoms with Crippen molar-refractivity contribution in [1.29, 1.82) is 0 Å². The summed E-state index contributed by atoms with van der Waals surface area (Å²) in [6, 6.07) is 20.8. The molecular formula is C23H22N2O5. The van der Waals surface area contributed by atoms with Crippen molar-refractivity contribution in [2.45, 2.75) is 0 Å². The van der Waals surface area contributed by atoms with Gasteiger partial charge in [-0.25, -0.2) is 0 Å². The number of rotatable bonds is 8. The molecule has 0 aromatic heterocycles. The predicted octanol–water partition coefficient (Wildman–Crippen LogP) is 3.97. The van der Waals surface area contributed by atoms with Gasteiger partial charge in [-0.2, -0.15) is 0 Å². The van der Waals surface area contributed by atoms with Crippen molar-refractivity contribution in [2.24, 2.45) is 0 Å². The average molecular weight is 406 g/mol. The van der Waals surface area contributed by atoms with E-state index in [1.807, 2.05) is 6.07 Å². The van der Waals surface area contributed by atoms with Gasteiger partial charge in [-0.3, -0.25) is 9.59 Å². The second-order valence-corrected chi connectivity index (χ2v) is 6.25. The van der Waals surface area contributed by atoms with Gasteiger partial charge in [-0.15, -0.1) is 0 Å². The van der Waals surface area contributed by atoms with Crippen molar-refractivity contribution in [2.75, 3.05) is 31.5 Å². The summed E-state index contributed by atoms with van der Waals surface area (Å²) in [4.78, 5) is 24.4. The van der Waals surface area contributed by atoms with Crippen LogP contribution in [0.25, 0.3) is 0 Å². The predicted molar refractivity (Wildman–Crippen MR) is 115 cm³/mol. The second-order valence-electron chi connectivity index (χ2n) is 6.25. The van der Waals surface area contributed by atoms with E-state index < -0.39 is 0 Å². The summed E-state index contributed by atoms with van der Waals surface area (Å²) in [6.45, 7) is -0.176. The molecule has 3 aromatic carbocycles. The van der Waals surface area contributed by atoms with Gasteiger partial charge in [0.25, 0.3) is 11.8 Å². The molecule has 3 rings (SSSR count). The molecule has 7 heteroatoms. The Hall–Kier alpha value is -4.00. The molecule has 0 radical (unpaired) electrons. The first kappa shape index (κ1) is 20.7. The highest BCUT2D eigenvalue weighted by Gasteiger charge is 2.10. The van der Waals surface area contributed by atoms with Crippen LogP contribution in [0.15, 0.2) is 72.8 Å². The van der Waals surface area contributed by atoms with E-state index in [9.17, 15) is 9.59 Å². The molecule has 2 amide bonds. The van der Waals surface area contributed by atoms with Crippen molar-refractivity contribution >= 4 is 23.2 Å². The highest BCUT2D eigenvalue weighted by molar-refractivity contribution is 6.04. The number of hydrogen-bond donors (Lipinski definition) is 2. The third-order valence-electron chi connectivity index (χ3n) is 4.20. The standard InChI is InChI=1S/C23H22N2O5/c1-28-19-12-13-20(21(14-19)29-2)25-22(26)15-30-18-10-8-17(9-11-18)24-23(27)16-6-4-3-5-7-16/h3-14H,15H2,1-2H3,(H,24,27)(H,25,26). The normalized spacial score (nSPS) is 10.1. The third kappa shape index (κ3) is 5.51. The molecule has 0 bridgehead atoms. The fraction of sp³-hybridized carbons (Fsp3) is 0.130. The molecule has 0 fully saturated rings. The summed E-state index contributed by atoms with van der Waals surface area (Å²) in [6.07, 6.45) is 0. The molecular weight excluding hydrogens is 384 g/mol. The van der Waals surface area contributed by atoms with Gasteiger partial charge in [-0.1, -0.05) is 18.2 Å². The van der Waals surface area contributed by atoms with Crippen LogP contribution in [0.1, 0.15) is 10.4 Å². The Morgan fingerprint density at radius 3 is 2.17 bits per heavy atom. The fourth-order valence-corrected chi connectivity index (χ4v) is 2.66. The van der Waals surface area contributed by atoms with Gasteiger partial charge in [0, 0.05) is 17.3 Å². The maximum Gasteiger partial charge on any atom is 0.262 e. The second kappa shape index (κ2) is 9.97. The topological polar surface area (TPSA) is 85.9 Å². The minimum absolute atomic E-state index is 0.176. The molecule has 0 spiro atoms. The number of amides is 2. The molecule has 0 saturated carbocycles. The number of carbonyl (C=O) groups excluding carboxylic acids is 2. The van der Waals surface area contributed by atoms with Crippen molar-refractivity contribution in [3.05, 3.63) is 78.4 Å². The number of nitrogens with one attached hydrogen (secondary N) is 2. The Morgan fingerprint density at radius 2 is 1.50 bits per heavy atom. The summed E-state index contributed by atoms with van der Waals surface area (Å²) in [5, 5.41) is 5.54. The summed E-state index contributed by atoms with van der Waals surface area (Å²) in [5.74, 6) is 1.09. The number of methoxy groups -OCH3 is 2. The Kier molecular flexibility index (Phi) is 6.89. The first-order valence-electron chi connectivity index (χ1n) is 9.20. The Labute approximate surface area is 174 Å². The van der Waals surface area contributed by atoms with E-state index in [4.69, 9.17) is 14.2 Å². The lowest BCUT2D eigenvalue weighted by Crippen LogP contribution is -2.20. The van der Waals surface area contributed by atoms with Gasteiger partial charge >= 0.3 is 0 Å². The van der Waals surface area contributed by atoms with Crippen LogP contribution in [0.4, 0.5) is 11.4 Å². The molecule has 0 aliphatic heterocycles. The van der Waals surface area contributed by atoms with Crippen LogP contribution >= 0.6 is 0 Å². The summed E-state index contributed by atoms with van der Waals surface area (Å²) >= 11 is 0. The first-order chi connectivity index (χ1) is 14.6. The van der Waals surface area contributed by atoms with Crippen LogP contribution in [0.2, 0.25) is 0 Å². The van der Waals surface area contributed by atoms with E-state index in [1.54, 1.807) is 73.8 Å². The van der Waals surface area contributed by atoms with E-state index in [1.165, 1.54) is 7.11 Å². The lowest BCUT2D eigenvalue weighted by atomic mass is 10.2. The van der Waals surface area contributed by atoms with Gasteiger partial charge in [0.05, 0.1) is 19.9 Å². The number of hydrogen-bond acceptors (Lipinski definition) is 5. The molecule has 30 heavy (non-hydrogen) atoms. The van der Waals surface area contributed by atoms with Gasteiger partial charge in [0.15, 0.2) is 6.61 Å². The van der Waals surface area contributed by atoms with Crippen molar-refractivity contribution in [1.82, 2.24) is 0 Å². The van der Waals surface area contributed by atoms with Gasteiger partial charge in [0.2, 0.25) is 0 Å². The molecule has 0 unspecified atom stereocenters. The molecule has 2 N–H and O–H groups in total. The van der Waals surface area contributed by atoms with Crippen LogP contribution in [0, 0.1) is 0 Å². The molecule has 7 nitrogen and oxygen atoms in total. The van der Waals surface area contributed by atoms with Gasteiger partial charge in [0.1, 0.15) is 17.2 Å². The SMILES string of the molecule is COc1ccc(NC(=O)COc2ccc(NC(=O)c3ccccc3)cc2)c(OC)c1. The van der Waals surface area contributed by atoms with E-state index in [2.05, 4.69) is 10.6 Å². The third-order valence-corrected chi connectivity index (χ3v) is 4.20. The van der Waals surface area contributed by atoms with E-state index in [0.717, 1.165) is 0 Å². The van der Waals surface area contributed by atoms with E-state index in [0.29, 0.717) is 34.2 Å². The monoisotopic (exact) mass is 406 g/mol. The molecule has 0 heterocycles. The number of benzene rings is 3. The molecule has 0 atom stereocenters. The maximum absolute atomic E-state index is 12.2. The summed E-state index contributed by atoms with van der Waals surface area (Å²) in [7, 11) is 3.07. The van der Waals surface area contributed by atoms with Crippen LogP contribution in [0.3, 0.4) is 0 Å².